The molecule has 0 aromatic heterocycles. The Morgan fingerprint density at radius 2 is 1.39 bits per heavy atom. The van der Waals surface area contributed by atoms with Crippen molar-refractivity contribution in [3.8, 4) is 0 Å². The molecule has 0 radical (unpaired) electrons. The Bertz CT molecular complexity index is 713. The first-order valence-corrected chi connectivity index (χ1v) is 7.72. The lowest BCUT2D eigenvalue weighted by atomic mass is 10.1. The Kier molecular flexibility index (Phi) is 5.31. The maximum absolute atomic E-state index is 12.8. The summed E-state index contributed by atoms with van der Waals surface area (Å²) in [5.74, 6) is -0.632. The number of benzene rings is 2. The molecule has 2 rings (SSSR count). The molecule has 2 aromatic carbocycles. The van der Waals surface area contributed by atoms with Crippen LogP contribution in [-0.4, -0.2) is 12.0 Å². The number of carbonyl (C=O) groups excluding carboxylic acids is 1. The van der Waals surface area contributed by atoms with Gasteiger partial charge in [-0.2, -0.15) is 13.2 Å². The highest BCUT2D eigenvalue weighted by atomic mass is 32.2. The fraction of sp³-hybridized carbons (Fsp3) is 0.167. The van der Waals surface area contributed by atoms with E-state index >= 15 is 0 Å². The largest absolute Gasteiger partial charge is 0.410 e. The van der Waals surface area contributed by atoms with Crippen LogP contribution in [0.3, 0.4) is 0 Å². The topological polar surface area (TPSA) is 17.1 Å². The molecular weight excluding hydrogens is 321 g/mol. The highest BCUT2D eigenvalue weighted by Crippen LogP contribution is 2.33. The van der Waals surface area contributed by atoms with Crippen molar-refractivity contribution in [1.29, 1.82) is 0 Å². The number of halogens is 3. The molecule has 0 atom stereocenters. The van der Waals surface area contributed by atoms with E-state index in [1.54, 1.807) is 36.4 Å². The summed E-state index contributed by atoms with van der Waals surface area (Å²) in [5, 5.41) is 0. The van der Waals surface area contributed by atoms with E-state index in [9.17, 15) is 18.0 Å². The molecule has 0 unspecified atom stereocenters. The Hall–Kier alpha value is -2.01. The van der Waals surface area contributed by atoms with Crippen LogP contribution in [0.25, 0.3) is 0 Å². The quantitative estimate of drug-likeness (QED) is 0.403. The molecule has 1 nitrogen and oxygen atoms in total. The molecule has 0 amide bonds. The monoisotopic (exact) mass is 336 g/mol. The normalized spacial score (nSPS) is 12.3. The van der Waals surface area contributed by atoms with Crippen molar-refractivity contribution in [3.05, 3.63) is 76.2 Å². The first kappa shape index (κ1) is 17.3. The van der Waals surface area contributed by atoms with Crippen LogP contribution in [0.5, 0.6) is 0 Å². The van der Waals surface area contributed by atoms with Crippen LogP contribution in [0, 0.1) is 13.8 Å². The predicted molar refractivity (Wildman–Crippen MR) is 86.7 cm³/mol. The number of ketones is 1. The number of aryl methyl sites for hydroxylation is 2. The number of rotatable bonds is 4. The molecule has 0 aliphatic heterocycles. The molecule has 0 N–H and O–H groups in total. The lowest BCUT2D eigenvalue weighted by Gasteiger charge is -2.09. The first-order chi connectivity index (χ1) is 10.7. The van der Waals surface area contributed by atoms with E-state index in [0.717, 1.165) is 22.9 Å². The van der Waals surface area contributed by atoms with Gasteiger partial charge >= 0.3 is 6.18 Å². The molecule has 0 heterocycles. The Morgan fingerprint density at radius 3 is 1.87 bits per heavy atom. The maximum atomic E-state index is 12.8. The number of Topliss-reactive ketones (excluding diaryl/α,β-unsaturated/α-hetero) is 1. The van der Waals surface area contributed by atoms with Crippen LogP contribution in [-0.2, 0) is 0 Å². The van der Waals surface area contributed by atoms with Crippen molar-refractivity contribution in [1.82, 2.24) is 0 Å². The van der Waals surface area contributed by atoms with E-state index in [1.807, 2.05) is 13.8 Å². The standard InChI is InChI=1S/C18H15F3OS/c1-12-3-7-14(8-4-12)17(22)16(11-18(19,20)21)23-15-9-5-13(2)6-10-15/h3-11H,1-2H3/b16-11+. The van der Waals surface area contributed by atoms with Crippen LogP contribution in [0.1, 0.15) is 21.5 Å². The minimum Gasteiger partial charge on any atom is -0.288 e. The molecule has 0 spiro atoms. The van der Waals surface area contributed by atoms with Crippen LogP contribution in [0.4, 0.5) is 13.2 Å². The van der Waals surface area contributed by atoms with E-state index in [-0.39, 0.29) is 16.5 Å². The van der Waals surface area contributed by atoms with Gasteiger partial charge in [0, 0.05) is 16.5 Å². The number of allylic oxidation sites excluding steroid dienone is 2. The second-order valence-corrected chi connectivity index (χ2v) is 6.28. The summed E-state index contributed by atoms with van der Waals surface area (Å²) in [4.78, 5) is 12.7. The van der Waals surface area contributed by atoms with Crippen molar-refractivity contribution < 1.29 is 18.0 Å². The van der Waals surface area contributed by atoms with Gasteiger partial charge in [0.15, 0.2) is 5.78 Å². The zero-order chi connectivity index (χ0) is 17.0. The summed E-state index contributed by atoms with van der Waals surface area (Å²) in [6, 6.07) is 13.5. The van der Waals surface area contributed by atoms with Crippen molar-refractivity contribution in [2.24, 2.45) is 0 Å². The highest BCUT2D eigenvalue weighted by Gasteiger charge is 2.28. The third-order valence-corrected chi connectivity index (χ3v) is 4.11. The van der Waals surface area contributed by atoms with Crippen molar-refractivity contribution >= 4 is 17.5 Å². The van der Waals surface area contributed by atoms with Gasteiger partial charge in [0.05, 0.1) is 4.91 Å². The van der Waals surface area contributed by atoms with Gasteiger partial charge in [-0.05, 0) is 26.0 Å². The summed E-state index contributed by atoms with van der Waals surface area (Å²) in [6.07, 6.45) is -4.48. The average molecular weight is 336 g/mol. The minimum atomic E-state index is -4.55. The number of carbonyl (C=O) groups is 1. The third-order valence-electron chi connectivity index (χ3n) is 3.08. The predicted octanol–water partition coefficient (Wildman–Crippen LogP) is 5.72. The summed E-state index contributed by atoms with van der Waals surface area (Å²) < 4.78 is 38.3. The summed E-state index contributed by atoms with van der Waals surface area (Å²) in [5.41, 5.74) is 2.18. The summed E-state index contributed by atoms with van der Waals surface area (Å²) in [6.45, 7) is 3.74. The van der Waals surface area contributed by atoms with Gasteiger partial charge < -0.3 is 0 Å². The smallest absolute Gasteiger partial charge is 0.288 e. The van der Waals surface area contributed by atoms with Gasteiger partial charge in [0.25, 0.3) is 0 Å². The molecule has 2 aromatic rings. The second kappa shape index (κ2) is 7.04. The Balaban J connectivity index is 2.34. The van der Waals surface area contributed by atoms with Crippen molar-refractivity contribution in [2.45, 2.75) is 24.9 Å². The van der Waals surface area contributed by atoms with Crippen LogP contribution in [0.15, 0.2) is 64.4 Å². The average Bonchev–Trinajstić information content (AvgIpc) is 2.47. The zero-order valence-corrected chi connectivity index (χ0v) is 13.5. The van der Waals surface area contributed by atoms with Crippen LogP contribution < -0.4 is 0 Å². The minimum absolute atomic E-state index is 0.0692. The van der Waals surface area contributed by atoms with E-state index in [2.05, 4.69) is 0 Å². The molecule has 120 valence electrons. The SMILES string of the molecule is Cc1ccc(S/C(=C/C(F)(F)F)C(=O)c2ccc(C)cc2)cc1. The molecule has 0 bridgehead atoms. The summed E-state index contributed by atoms with van der Waals surface area (Å²) in [7, 11) is 0. The highest BCUT2D eigenvalue weighted by molar-refractivity contribution is 8.04. The van der Waals surface area contributed by atoms with Gasteiger partial charge in [-0.25, -0.2) is 0 Å². The van der Waals surface area contributed by atoms with E-state index in [0.29, 0.717) is 4.90 Å². The van der Waals surface area contributed by atoms with Crippen molar-refractivity contribution in [2.75, 3.05) is 0 Å². The lowest BCUT2D eigenvalue weighted by Crippen LogP contribution is -2.08. The second-order valence-electron chi connectivity index (χ2n) is 5.16. The molecule has 23 heavy (non-hydrogen) atoms. The van der Waals surface area contributed by atoms with Gasteiger partial charge in [-0.15, -0.1) is 0 Å². The van der Waals surface area contributed by atoms with Crippen LogP contribution in [0.2, 0.25) is 0 Å². The number of hydrogen-bond donors (Lipinski definition) is 0. The van der Waals surface area contributed by atoms with E-state index < -0.39 is 12.0 Å². The molecule has 0 fully saturated rings. The lowest BCUT2D eigenvalue weighted by molar-refractivity contribution is -0.0800. The Morgan fingerprint density at radius 1 is 0.913 bits per heavy atom. The fourth-order valence-corrected chi connectivity index (χ4v) is 2.80. The third kappa shape index (κ3) is 5.28. The fourth-order valence-electron chi connectivity index (χ4n) is 1.87. The number of hydrogen-bond acceptors (Lipinski definition) is 2. The summed E-state index contributed by atoms with van der Waals surface area (Å²) >= 11 is 0.823. The maximum Gasteiger partial charge on any atom is 0.410 e. The molecule has 0 saturated heterocycles. The molecule has 0 aliphatic carbocycles. The Labute approximate surface area is 137 Å². The van der Waals surface area contributed by atoms with Crippen LogP contribution >= 0.6 is 11.8 Å². The number of alkyl halides is 3. The van der Waals surface area contributed by atoms with Gasteiger partial charge in [0.1, 0.15) is 0 Å². The number of thioether (sulfide) groups is 1. The molecule has 5 heteroatoms. The molecule has 0 saturated carbocycles. The zero-order valence-electron chi connectivity index (χ0n) is 12.6. The van der Waals surface area contributed by atoms with Crippen molar-refractivity contribution in [3.63, 3.8) is 0 Å². The molecular formula is C18H15F3OS. The van der Waals surface area contributed by atoms with E-state index in [1.165, 1.54) is 12.1 Å². The molecule has 0 aliphatic rings. The van der Waals surface area contributed by atoms with Gasteiger partial charge in [-0.3, -0.25) is 4.79 Å². The van der Waals surface area contributed by atoms with E-state index in [4.69, 9.17) is 0 Å². The first-order valence-electron chi connectivity index (χ1n) is 6.90. The van der Waals surface area contributed by atoms with Gasteiger partial charge in [0.2, 0.25) is 0 Å². The van der Waals surface area contributed by atoms with Gasteiger partial charge in [-0.1, -0.05) is 59.3 Å².